The number of aliphatic hydroxyl groups is 2. The molecule has 2 saturated heterocycles. The summed E-state index contributed by atoms with van der Waals surface area (Å²) in [5.41, 5.74) is 1.89. The first-order valence-corrected chi connectivity index (χ1v) is 12.6. The Hall–Kier alpha value is -2.21. The second kappa shape index (κ2) is 9.74. The highest BCUT2D eigenvalue weighted by Crippen LogP contribution is 2.42. The van der Waals surface area contributed by atoms with Gasteiger partial charge in [-0.25, -0.2) is 8.42 Å². The van der Waals surface area contributed by atoms with E-state index >= 15 is 0 Å². The largest absolute Gasteiger partial charge is 0.395 e. The summed E-state index contributed by atoms with van der Waals surface area (Å²) in [6.45, 7) is 3.44. The molecular weight excluding hydrogens is 424 g/mol. The zero-order chi connectivity index (χ0) is 22.7. The SMILES string of the molecule is C[C@@H](O)C#Cc1ccc([C@H]2[C@H](CO)N3CCCCN(S(=O)(=O)c4ccccc4)C[C@@H]23)cc1. The average molecular weight is 455 g/mol. The smallest absolute Gasteiger partial charge is 0.243 e. The molecule has 2 aromatic rings. The van der Waals surface area contributed by atoms with Crippen molar-refractivity contribution in [3.05, 3.63) is 65.7 Å². The predicted octanol–water partition coefficient (Wildman–Crippen LogP) is 2.03. The van der Waals surface area contributed by atoms with Gasteiger partial charge in [-0.2, -0.15) is 4.31 Å². The Bertz CT molecular complexity index is 1070. The molecule has 6 nitrogen and oxygen atoms in total. The fraction of sp³-hybridized carbons (Fsp3) is 0.440. The van der Waals surface area contributed by atoms with E-state index in [1.165, 1.54) is 0 Å². The first kappa shape index (κ1) is 23.0. The van der Waals surface area contributed by atoms with Crippen LogP contribution in [0.3, 0.4) is 0 Å². The summed E-state index contributed by atoms with van der Waals surface area (Å²) in [5, 5.41) is 19.5. The van der Waals surface area contributed by atoms with E-state index < -0.39 is 16.1 Å². The molecule has 2 fully saturated rings. The zero-order valence-corrected chi connectivity index (χ0v) is 19.1. The Labute approximate surface area is 190 Å². The molecule has 0 saturated carbocycles. The molecule has 4 atom stereocenters. The normalized spacial score (nSPS) is 25.4. The van der Waals surface area contributed by atoms with E-state index in [9.17, 15) is 18.6 Å². The van der Waals surface area contributed by atoms with Gasteiger partial charge in [-0.3, -0.25) is 4.90 Å². The van der Waals surface area contributed by atoms with Gasteiger partial charge in [0.15, 0.2) is 0 Å². The van der Waals surface area contributed by atoms with Crippen molar-refractivity contribution >= 4 is 10.0 Å². The third-order valence-corrected chi connectivity index (χ3v) is 8.31. The number of sulfonamides is 1. The van der Waals surface area contributed by atoms with E-state index in [0.717, 1.165) is 30.5 Å². The van der Waals surface area contributed by atoms with Crippen LogP contribution in [0.1, 0.15) is 36.8 Å². The highest BCUT2D eigenvalue weighted by molar-refractivity contribution is 7.89. The van der Waals surface area contributed by atoms with Crippen molar-refractivity contribution < 1.29 is 18.6 Å². The molecule has 0 aliphatic carbocycles. The molecule has 0 radical (unpaired) electrons. The zero-order valence-electron chi connectivity index (χ0n) is 18.3. The molecule has 4 rings (SSSR count). The monoisotopic (exact) mass is 454 g/mol. The Morgan fingerprint density at radius 2 is 1.75 bits per heavy atom. The van der Waals surface area contributed by atoms with Gasteiger partial charge in [0.25, 0.3) is 0 Å². The lowest BCUT2D eigenvalue weighted by Crippen LogP contribution is -2.67. The van der Waals surface area contributed by atoms with Crippen LogP contribution in [0.15, 0.2) is 59.5 Å². The fourth-order valence-corrected chi connectivity index (χ4v) is 6.36. The van der Waals surface area contributed by atoms with Crippen LogP contribution < -0.4 is 0 Å². The van der Waals surface area contributed by atoms with E-state index in [2.05, 4.69) is 16.7 Å². The van der Waals surface area contributed by atoms with Crippen LogP contribution in [0, 0.1) is 11.8 Å². The Kier molecular flexibility index (Phi) is 6.99. The molecule has 2 aliphatic rings. The Morgan fingerprint density at radius 3 is 2.41 bits per heavy atom. The summed E-state index contributed by atoms with van der Waals surface area (Å²) in [5.74, 6) is 5.73. The Balaban J connectivity index is 1.60. The molecule has 2 heterocycles. The van der Waals surface area contributed by atoms with Crippen LogP contribution >= 0.6 is 0 Å². The second-order valence-electron chi connectivity index (χ2n) is 8.53. The number of hydrogen-bond donors (Lipinski definition) is 2. The van der Waals surface area contributed by atoms with Crippen LogP contribution in [-0.2, 0) is 10.0 Å². The van der Waals surface area contributed by atoms with Crippen molar-refractivity contribution in [1.29, 1.82) is 0 Å². The standard InChI is InChI=1S/C25H30N2O4S/c1-19(29)9-10-20-11-13-21(14-12-20)25-23-17-26(15-5-6-16-27(23)24(25)18-28)32(30,31)22-7-3-2-4-8-22/h2-4,7-8,11-14,19,23-25,28-29H,5-6,15-18H2,1H3/t19-,23+,24+,25-/m1/s1. The van der Waals surface area contributed by atoms with Crippen LogP contribution in [0.25, 0.3) is 0 Å². The number of nitrogens with zero attached hydrogens (tertiary/aromatic N) is 2. The third-order valence-electron chi connectivity index (χ3n) is 6.43. The van der Waals surface area contributed by atoms with Crippen molar-refractivity contribution in [3.63, 3.8) is 0 Å². The second-order valence-corrected chi connectivity index (χ2v) is 10.5. The molecule has 2 aliphatic heterocycles. The molecule has 0 bridgehead atoms. The minimum atomic E-state index is -3.57. The van der Waals surface area contributed by atoms with E-state index in [1.54, 1.807) is 35.5 Å². The third kappa shape index (κ3) is 4.61. The summed E-state index contributed by atoms with van der Waals surface area (Å²) >= 11 is 0. The minimum Gasteiger partial charge on any atom is -0.395 e. The fourth-order valence-electron chi connectivity index (χ4n) is 4.85. The number of rotatable bonds is 4. The van der Waals surface area contributed by atoms with Crippen LogP contribution in [0.4, 0.5) is 0 Å². The van der Waals surface area contributed by atoms with Crippen molar-refractivity contribution in [2.24, 2.45) is 0 Å². The number of fused-ring (bicyclic) bond motifs is 1. The van der Waals surface area contributed by atoms with Gasteiger partial charge in [-0.15, -0.1) is 0 Å². The lowest BCUT2D eigenvalue weighted by Gasteiger charge is -2.57. The van der Waals surface area contributed by atoms with Gasteiger partial charge in [0.05, 0.1) is 11.5 Å². The van der Waals surface area contributed by atoms with E-state index in [0.29, 0.717) is 18.0 Å². The highest BCUT2D eigenvalue weighted by Gasteiger charge is 2.50. The van der Waals surface area contributed by atoms with Gasteiger partial charge in [-0.05, 0) is 56.1 Å². The summed E-state index contributed by atoms with van der Waals surface area (Å²) in [6.07, 6.45) is 1.02. The first-order valence-electron chi connectivity index (χ1n) is 11.1. The summed E-state index contributed by atoms with van der Waals surface area (Å²) < 4.78 is 28.2. The first-order chi connectivity index (χ1) is 15.4. The van der Waals surface area contributed by atoms with E-state index in [1.807, 2.05) is 30.3 Å². The number of hydrogen-bond acceptors (Lipinski definition) is 5. The van der Waals surface area contributed by atoms with Gasteiger partial charge < -0.3 is 10.2 Å². The molecule has 0 aromatic heterocycles. The van der Waals surface area contributed by atoms with Crippen LogP contribution in [0.2, 0.25) is 0 Å². The molecule has 32 heavy (non-hydrogen) atoms. The topological polar surface area (TPSA) is 81.1 Å². The lowest BCUT2D eigenvalue weighted by molar-refractivity contribution is -0.0553. The highest BCUT2D eigenvalue weighted by atomic mass is 32.2. The van der Waals surface area contributed by atoms with Gasteiger partial charge in [0.2, 0.25) is 10.0 Å². The molecule has 0 unspecified atom stereocenters. The van der Waals surface area contributed by atoms with Crippen molar-refractivity contribution in [3.8, 4) is 11.8 Å². The van der Waals surface area contributed by atoms with Crippen LogP contribution in [0.5, 0.6) is 0 Å². The predicted molar refractivity (Wildman–Crippen MR) is 124 cm³/mol. The van der Waals surface area contributed by atoms with Crippen molar-refractivity contribution in [2.45, 2.75) is 48.8 Å². The lowest BCUT2D eigenvalue weighted by atomic mass is 9.74. The maximum absolute atomic E-state index is 13.3. The molecule has 0 spiro atoms. The average Bonchev–Trinajstić information content (AvgIpc) is 2.78. The number of benzene rings is 2. The quantitative estimate of drug-likeness (QED) is 0.691. The van der Waals surface area contributed by atoms with Gasteiger partial charge in [0, 0.05) is 36.7 Å². The van der Waals surface area contributed by atoms with Crippen LogP contribution in [-0.4, -0.2) is 72.3 Å². The summed E-state index contributed by atoms with van der Waals surface area (Å²) in [6, 6.07) is 16.5. The molecular formula is C25H30N2O4S. The summed E-state index contributed by atoms with van der Waals surface area (Å²) in [4.78, 5) is 2.58. The van der Waals surface area contributed by atoms with E-state index in [-0.39, 0.29) is 24.6 Å². The van der Waals surface area contributed by atoms with Crippen molar-refractivity contribution in [2.75, 3.05) is 26.2 Å². The summed E-state index contributed by atoms with van der Waals surface area (Å²) in [7, 11) is -3.57. The Morgan fingerprint density at radius 1 is 1.06 bits per heavy atom. The molecule has 170 valence electrons. The van der Waals surface area contributed by atoms with Crippen molar-refractivity contribution in [1.82, 2.24) is 9.21 Å². The molecule has 2 N–H and O–H groups in total. The maximum Gasteiger partial charge on any atom is 0.243 e. The molecule has 2 aromatic carbocycles. The minimum absolute atomic E-state index is 0.0142. The number of aliphatic hydroxyl groups excluding tert-OH is 2. The van der Waals surface area contributed by atoms with Gasteiger partial charge >= 0.3 is 0 Å². The molecule has 0 amide bonds. The van der Waals surface area contributed by atoms with Gasteiger partial charge in [0.1, 0.15) is 6.10 Å². The van der Waals surface area contributed by atoms with Gasteiger partial charge in [-0.1, -0.05) is 42.2 Å². The van der Waals surface area contributed by atoms with E-state index in [4.69, 9.17) is 0 Å². The maximum atomic E-state index is 13.3. The molecule has 7 heteroatoms.